The van der Waals surface area contributed by atoms with Crippen molar-refractivity contribution in [3.05, 3.63) is 38.0 Å². The van der Waals surface area contributed by atoms with Gasteiger partial charge in [-0.3, -0.25) is 4.99 Å². The molecule has 0 bridgehead atoms. The van der Waals surface area contributed by atoms with Crippen molar-refractivity contribution in [3.8, 4) is 0 Å². The summed E-state index contributed by atoms with van der Waals surface area (Å²) in [5.74, 6) is 0.705. The van der Waals surface area contributed by atoms with Crippen molar-refractivity contribution in [2.75, 3.05) is 7.05 Å². The molecular weight excluding hydrogens is 492 g/mol. The molecule has 0 spiro atoms. The molecule has 2 aromatic heterocycles. The van der Waals surface area contributed by atoms with Gasteiger partial charge in [0.05, 0.1) is 23.8 Å². The molecule has 9 heteroatoms. The van der Waals surface area contributed by atoms with Crippen molar-refractivity contribution in [1.29, 1.82) is 0 Å². The molecule has 2 aromatic rings. The van der Waals surface area contributed by atoms with Crippen molar-refractivity contribution in [3.63, 3.8) is 0 Å². The Morgan fingerprint density at radius 3 is 2.40 bits per heavy atom. The summed E-state index contributed by atoms with van der Waals surface area (Å²) in [6, 6.07) is 1.85. The van der Waals surface area contributed by atoms with Gasteiger partial charge in [-0.05, 0) is 6.07 Å². The molecule has 0 aliphatic rings. The monoisotopic (exact) mass is 515 g/mol. The fourth-order valence-electron chi connectivity index (χ4n) is 2.05. The lowest BCUT2D eigenvalue weighted by molar-refractivity contribution is 0.570. The molecular formula is C16H24Cl2IN5S. The number of guanidine groups is 1. The van der Waals surface area contributed by atoms with Gasteiger partial charge in [0.1, 0.15) is 10.2 Å². The van der Waals surface area contributed by atoms with Gasteiger partial charge in [-0.15, -0.1) is 35.3 Å². The fraction of sp³-hybridized carbons (Fsp3) is 0.500. The van der Waals surface area contributed by atoms with E-state index in [0.717, 1.165) is 16.4 Å². The van der Waals surface area contributed by atoms with Crippen LogP contribution in [0.5, 0.6) is 0 Å². The Morgan fingerprint density at radius 1 is 1.28 bits per heavy atom. The van der Waals surface area contributed by atoms with E-state index in [9.17, 15) is 0 Å². The molecule has 0 amide bonds. The summed E-state index contributed by atoms with van der Waals surface area (Å²) in [5, 5.41) is 10.8. The highest BCUT2D eigenvalue weighted by Crippen LogP contribution is 2.25. The summed E-state index contributed by atoms with van der Waals surface area (Å²) < 4.78 is 1.85. The van der Waals surface area contributed by atoms with Crippen LogP contribution in [0.3, 0.4) is 0 Å². The van der Waals surface area contributed by atoms with E-state index in [4.69, 9.17) is 23.2 Å². The number of hydrogen-bond acceptors (Lipinski definition) is 3. The number of hydrogen-bond donors (Lipinski definition) is 2. The maximum atomic E-state index is 6.08. The lowest BCUT2D eigenvalue weighted by Crippen LogP contribution is -2.36. The summed E-state index contributed by atoms with van der Waals surface area (Å²) in [5.41, 5.74) is 2.16. The van der Waals surface area contributed by atoms with E-state index in [1.54, 1.807) is 18.4 Å². The molecule has 0 aliphatic carbocycles. The Balaban J connectivity index is 0.00000312. The van der Waals surface area contributed by atoms with E-state index in [1.165, 1.54) is 0 Å². The first-order valence-electron chi connectivity index (χ1n) is 7.61. The molecule has 2 heterocycles. The number of nitrogens with zero attached hydrogens (tertiary/aromatic N) is 3. The number of nitrogens with one attached hydrogen (secondary N) is 2. The fourth-order valence-corrected chi connectivity index (χ4v) is 3.43. The predicted molar refractivity (Wildman–Crippen MR) is 119 cm³/mol. The third-order valence-electron chi connectivity index (χ3n) is 3.60. The van der Waals surface area contributed by atoms with Crippen molar-refractivity contribution in [2.45, 2.75) is 39.3 Å². The van der Waals surface area contributed by atoms with E-state index in [-0.39, 0.29) is 29.4 Å². The number of aromatic nitrogens is 2. The topological polar surface area (TPSA) is 54.2 Å². The first-order chi connectivity index (χ1) is 11.2. The average molecular weight is 516 g/mol. The predicted octanol–water partition coefficient (Wildman–Crippen LogP) is 4.57. The van der Waals surface area contributed by atoms with Gasteiger partial charge in [-0.1, -0.05) is 44.0 Å². The smallest absolute Gasteiger partial charge is 0.191 e. The first kappa shape index (κ1) is 22.5. The number of aliphatic imine (C=N–C) groups is 1. The Hall–Kier alpha value is -0.510. The second-order valence-electron chi connectivity index (χ2n) is 6.49. The Morgan fingerprint density at radius 2 is 1.92 bits per heavy atom. The first-order valence-corrected chi connectivity index (χ1v) is 9.25. The zero-order chi connectivity index (χ0) is 17.9. The van der Waals surface area contributed by atoms with Crippen molar-refractivity contribution >= 4 is 64.5 Å². The van der Waals surface area contributed by atoms with Gasteiger partial charge in [0, 0.05) is 30.6 Å². The van der Waals surface area contributed by atoms with Crippen LogP contribution in [-0.4, -0.2) is 22.6 Å². The van der Waals surface area contributed by atoms with Crippen LogP contribution < -0.4 is 10.6 Å². The molecule has 0 unspecified atom stereocenters. The van der Waals surface area contributed by atoms with Crippen LogP contribution in [0.15, 0.2) is 16.4 Å². The summed E-state index contributed by atoms with van der Waals surface area (Å²) in [4.78, 5) is 8.90. The maximum Gasteiger partial charge on any atom is 0.191 e. The minimum Gasteiger partial charge on any atom is -0.351 e. The number of thiazole rings is 1. The van der Waals surface area contributed by atoms with Crippen LogP contribution in [0.4, 0.5) is 0 Å². The Labute approximate surface area is 180 Å². The van der Waals surface area contributed by atoms with E-state index >= 15 is 0 Å². The minimum atomic E-state index is 0. The van der Waals surface area contributed by atoms with Crippen molar-refractivity contribution < 1.29 is 0 Å². The zero-order valence-electron chi connectivity index (χ0n) is 15.0. The molecule has 2 N–H and O–H groups in total. The lowest BCUT2D eigenvalue weighted by Gasteiger charge is -2.14. The van der Waals surface area contributed by atoms with Gasteiger partial charge >= 0.3 is 0 Å². The SMILES string of the molecule is CN=C(NCc1nc(C(C)(C)C)cs1)NCc1cc(Cl)c(Cl)n1C.I. The quantitative estimate of drug-likeness (QED) is 0.356. The molecule has 0 saturated heterocycles. The lowest BCUT2D eigenvalue weighted by atomic mass is 9.93. The third kappa shape index (κ3) is 6.01. The molecule has 0 aliphatic heterocycles. The highest BCUT2D eigenvalue weighted by atomic mass is 127. The van der Waals surface area contributed by atoms with Crippen LogP contribution in [-0.2, 0) is 25.6 Å². The summed E-state index contributed by atoms with van der Waals surface area (Å²) in [6.45, 7) is 7.70. The van der Waals surface area contributed by atoms with E-state index in [2.05, 4.69) is 46.8 Å². The summed E-state index contributed by atoms with van der Waals surface area (Å²) in [7, 11) is 3.62. The second kappa shape index (κ2) is 9.43. The number of halogens is 3. The Kier molecular flexibility index (Phi) is 8.50. The van der Waals surface area contributed by atoms with E-state index in [1.807, 2.05) is 17.7 Å². The summed E-state index contributed by atoms with van der Waals surface area (Å²) >= 11 is 13.8. The highest BCUT2D eigenvalue weighted by molar-refractivity contribution is 14.0. The molecule has 0 aromatic carbocycles. The molecule has 5 nitrogen and oxygen atoms in total. The molecule has 0 fully saturated rings. The molecule has 25 heavy (non-hydrogen) atoms. The highest BCUT2D eigenvalue weighted by Gasteiger charge is 2.17. The average Bonchev–Trinajstić information content (AvgIpc) is 3.09. The third-order valence-corrected chi connectivity index (χ3v) is 5.29. The molecule has 0 radical (unpaired) electrons. The van der Waals surface area contributed by atoms with E-state index in [0.29, 0.717) is 29.2 Å². The van der Waals surface area contributed by atoms with Crippen molar-refractivity contribution in [1.82, 2.24) is 20.2 Å². The minimum absolute atomic E-state index is 0. The number of rotatable bonds is 4. The van der Waals surface area contributed by atoms with E-state index < -0.39 is 0 Å². The standard InChI is InChI=1S/C16H23Cl2N5S.HI/c1-16(2,3)12-9-24-13(22-12)8-21-15(19-4)20-7-10-6-11(17)14(18)23(10)5;/h6,9H,7-8H2,1-5H3,(H2,19,20,21);1H. The van der Waals surface area contributed by atoms with Crippen LogP contribution in [0.2, 0.25) is 10.2 Å². The normalized spacial score (nSPS) is 12.0. The van der Waals surface area contributed by atoms with Gasteiger partial charge in [-0.25, -0.2) is 4.98 Å². The van der Waals surface area contributed by atoms with Gasteiger partial charge in [0.2, 0.25) is 0 Å². The zero-order valence-corrected chi connectivity index (χ0v) is 19.6. The van der Waals surface area contributed by atoms with Gasteiger partial charge < -0.3 is 15.2 Å². The maximum absolute atomic E-state index is 6.08. The van der Waals surface area contributed by atoms with Crippen LogP contribution in [0, 0.1) is 0 Å². The largest absolute Gasteiger partial charge is 0.351 e. The van der Waals surface area contributed by atoms with Crippen molar-refractivity contribution in [2.24, 2.45) is 12.0 Å². The Bertz CT molecular complexity index is 733. The second-order valence-corrected chi connectivity index (χ2v) is 8.20. The molecule has 2 rings (SSSR count). The van der Waals surface area contributed by atoms with Crippen LogP contribution in [0.1, 0.15) is 37.2 Å². The van der Waals surface area contributed by atoms with Crippen LogP contribution >= 0.6 is 58.5 Å². The summed E-state index contributed by atoms with van der Waals surface area (Å²) in [6.07, 6.45) is 0. The van der Waals surface area contributed by atoms with Crippen LogP contribution in [0.25, 0.3) is 0 Å². The molecule has 0 saturated carbocycles. The molecule has 140 valence electrons. The molecule has 0 atom stereocenters. The van der Waals surface area contributed by atoms with Gasteiger partial charge in [-0.2, -0.15) is 0 Å². The van der Waals surface area contributed by atoms with Gasteiger partial charge in [0.15, 0.2) is 5.96 Å². The van der Waals surface area contributed by atoms with Gasteiger partial charge in [0.25, 0.3) is 0 Å².